The van der Waals surface area contributed by atoms with E-state index in [2.05, 4.69) is 22.5 Å². The van der Waals surface area contributed by atoms with Crippen LogP contribution in [0.5, 0.6) is 0 Å². The van der Waals surface area contributed by atoms with E-state index in [0.717, 1.165) is 48.7 Å². The Hall–Kier alpha value is -1.26. The first-order valence-corrected chi connectivity index (χ1v) is 8.08. The smallest absolute Gasteiger partial charge is 0.242 e. The zero-order chi connectivity index (χ0) is 15.2. The average Bonchev–Trinajstić information content (AvgIpc) is 2.47. The second-order valence-corrected chi connectivity index (χ2v) is 5.79. The van der Waals surface area contributed by atoms with Crippen molar-refractivity contribution in [3.63, 3.8) is 0 Å². The summed E-state index contributed by atoms with van der Waals surface area (Å²) in [6.45, 7) is 7.48. The second-order valence-electron chi connectivity index (χ2n) is 5.36. The highest BCUT2D eigenvalue weighted by atomic mass is 35.5. The molecule has 1 aromatic rings. The summed E-state index contributed by atoms with van der Waals surface area (Å²) in [4.78, 5) is 14.3. The SMILES string of the molecule is CCCNCc1cc(Cl)ccc1N1CCNC(=O)C1CC. The van der Waals surface area contributed by atoms with Crippen LogP contribution in [0.15, 0.2) is 18.2 Å². The van der Waals surface area contributed by atoms with Crippen molar-refractivity contribution in [2.75, 3.05) is 24.5 Å². The highest BCUT2D eigenvalue weighted by molar-refractivity contribution is 6.30. The van der Waals surface area contributed by atoms with Gasteiger partial charge in [-0.15, -0.1) is 0 Å². The van der Waals surface area contributed by atoms with E-state index in [9.17, 15) is 4.79 Å². The van der Waals surface area contributed by atoms with Crippen LogP contribution in [-0.2, 0) is 11.3 Å². The lowest BCUT2D eigenvalue weighted by Gasteiger charge is -2.37. The molecule has 1 aliphatic rings. The number of nitrogens with one attached hydrogen (secondary N) is 2. The maximum atomic E-state index is 12.1. The van der Waals surface area contributed by atoms with Crippen molar-refractivity contribution in [3.8, 4) is 0 Å². The van der Waals surface area contributed by atoms with Crippen LogP contribution in [0.4, 0.5) is 5.69 Å². The second kappa shape index (κ2) is 7.66. The normalized spacial score (nSPS) is 18.7. The van der Waals surface area contributed by atoms with Gasteiger partial charge >= 0.3 is 0 Å². The first-order valence-electron chi connectivity index (χ1n) is 7.70. The molecule has 21 heavy (non-hydrogen) atoms. The van der Waals surface area contributed by atoms with E-state index in [4.69, 9.17) is 11.6 Å². The maximum Gasteiger partial charge on any atom is 0.242 e. The fourth-order valence-corrected chi connectivity index (χ4v) is 2.98. The molecule has 1 saturated heterocycles. The van der Waals surface area contributed by atoms with Crippen molar-refractivity contribution in [1.82, 2.24) is 10.6 Å². The van der Waals surface area contributed by atoms with E-state index in [1.165, 1.54) is 0 Å². The van der Waals surface area contributed by atoms with Crippen LogP contribution in [0.3, 0.4) is 0 Å². The summed E-state index contributed by atoms with van der Waals surface area (Å²) in [6, 6.07) is 5.84. The zero-order valence-corrected chi connectivity index (χ0v) is 13.5. The molecule has 2 N–H and O–H groups in total. The lowest BCUT2D eigenvalue weighted by molar-refractivity contribution is -0.123. The van der Waals surface area contributed by atoms with E-state index >= 15 is 0 Å². The van der Waals surface area contributed by atoms with E-state index in [0.29, 0.717) is 6.54 Å². The largest absolute Gasteiger partial charge is 0.357 e. The molecule has 1 atom stereocenters. The van der Waals surface area contributed by atoms with Crippen molar-refractivity contribution in [3.05, 3.63) is 28.8 Å². The van der Waals surface area contributed by atoms with E-state index < -0.39 is 0 Å². The van der Waals surface area contributed by atoms with Crippen LogP contribution in [0.25, 0.3) is 0 Å². The maximum absolute atomic E-state index is 12.1. The van der Waals surface area contributed by atoms with Gasteiger partial charge in [-0.1, -0.05) is 25.4 Å². The molecule has 116 valence electrons. The van der Waals surface area contributed by atoms with E-state index in [-0.39, 0.29) is 11.9 Å². The quantitative estimate of drug-likeness (QED) is 0.794. The van der Waals surface area contributed by atoms with Crippen molar-refractivity contribution < 1.29 is 4.79 Å². The molecule has 0 bridgehead atoms. The fraction of sp³-hybridized carbons (Fsp3) is 0.562. The zero-order valence-electron chi connectivity index (χ0n) is 12.8. The van der Waals surface area contributed by atoms with Gasteiger partial charge in [-0.3, -0.25) is 4.79 Å². The molecule has 2 rings (SSSR count). The van der Waals surface area contributed by atoms with E-state index in [1.807, 2.05) is 25.1 Å². The molecule has 5 heteroatoms. The lowest BCUT2D eigenvalue weighted by Crippen LogP contribution is -2.55. The number of rotatable bonds is 6. The number of halogens is 1. The van der Waals surface area contributed by atoms with Crippen LogP contribution in [-0.4, -0.2) is 31.6 Å². The number of carbonyl (C=O) groups excluding carboxylic acids is 1. The molecule has 0 radical (unpaired) electrons. The Morgan fingerprint density at radius 1 is 1.43 bits per heavy atom. The summed E-state index contributed by atoms with van der Waals surface area (Å²) in [5, 5.41) is 7.10. The van der Waals surface area contributed by atoms with Crippen LogP contribution in [0.2, 0.25) is 5.02 Å². The fourth-order valence-electron chi connectivity index (χ4n) is 2.78. The Kier molecular flexibility index (Phi) is 5.88. The molecular weight excluding hydrogens is 286 g/mol. The molecule has 1 amide bonds. The minimum absolute atomic E-state index is 0.0927. The molecule has 0 aliphatic carbocycles. The number of anilines is 1. The third-order valence-electron chi connectivity index (χ3n) is 3.81. The van der Waals surface area contributed by atoms with Crippen LogP contribution < -0.4 is 15.5 Å². The molecule has 1 unspecified atom stereocenters. The number of amides is 1. The minimum Gasteiger partial charge on any atom is -0.357 e. The summed E-state index contributed by atoms with van der Waals surface area (Å²) in [7, 11) is 0. The topological polar surface area (TPSA) is 44.4 Å². The van der Waals surface area contributed by atoms with Gasteiger partial charge in [0.25, 0.3) is 0 Å². The Labute approximate surface area is 131 Å². The predicted octanol–water partition coefficient (Wildman–Crippen LogP) is 2.55. The number of piperazine rings is 1. The molecule has 0 saturated carbocycles. The van der Waals surface area contributed by atoms with Gasteiger partial charge in [-0.25, -0.2) is 0 Å². The van der Waals surface area contributed by atoms with Gasteiger partial charge in [0.15, 0.2) is 0 Å². The first-order chi connectivity index (χ1) is 10.2. The molecular formula is C16H24ClN3O. The van der Waals surface area contributed by atoms with Crippen molar-refractivity contribution in [1.29, 1.82) is 0 Å². The highest BCUT2D eigenvalue weighted by Crippen LogP contribution is 2.27. The Bertz CT molecular complexity index is 492. The minimum atomic E-state index is -0.0927. The van der Waals surface area contributed by atoms with Crippen LogP contribution in [0, 0.1) is 0 Å². The van der Waals surface area contributed by atoms with Crippen molar-refractivity contribution in [2.24, 2.45) is 0 Å². The van der Waals surface area contributed by atoms with Gasteiger partial charge in [-0.2, -0.15) is 0 Å². The predicted molar refractivity (Wildman–Crippen MR) is 87.9 cm³/mol. The van der Waals surface area contributed by atoms with Gasteiger partial charge in [0.1, 0.15) is 6.04 Å². The van der Waals surface area contributed by atoms with Crippen LogP contribution in [0.1, 0.15) is 32.3 Å². The monoisotopic (exact) mass is 309 g/mol. The molecule has 1 aliphatic heterocycles. The van der Waals surface area contributed by atoms with Crippen molar-refractivity contribution in [2.45, 2.75) is 39.3 Å². The van der Waals surface area contributed by atoms with Gasteiger partial charge in [0, 0.05) is 30.3 Å². The third kappa shape index (κ3) is 3.89. The summed E-state index contributed by atoms with van der Waals surface area (Å²) < 4.78 is 0. The Balaban J connectivity index is 2.26. The lowest BCUT2D eigenvalue weighted by atomic mass is 10.1. The van der Waals surface area contributed by atoms with Gasteiger partial charge in [0.05, 0.1) is 0 Å². The third-order valence-corrected chi connectivity index (χ3v) is 4.05. The number of nitrogens with zero attached hydrogens (tertiary/aromatic N) is 1. The standard InChI is InChI=1S/C16H24ClN3O/c1-3-7-18-11-12-10-13(17)5-6-15(12)20-9-8-19-16(21)14(20)4-2/h5-6,10,14,18H,3-4,7-9,11H2,1-2H3,(H,19,21). The van der Waals surface area contributed by atoms with Crippen LogP contribution >= 0.6 is 11.6 Å². The highest BCUT2D eigenvalue weighted by Gasteiger charge is 2.29. The summed E-state index contributed by atoms with van der Waals surface area (Å²) in [5.74, 6) is 0.117. The molecule has 1 fully saturated rings. The number of hydrogen-bond acceptors (Lipinski definition) is 3. The van der Waals surface area contributed by atoms with Gasteiger partial charge < -0.3 is 15.5 Å². The van der Waals surface area contributed by atoms with Crippen molar-refractivity contribution >= 4 is 23.2 Å². The molecule has 1 heterocycles. The number of benzene rings is 1. The Morgan fingerprint density at radius 3 is 2.95 bits per heavy atom. The summed E-state index contributed by atoms with van der Waals surface area (Å²) >= 11 is 6.14. The van der Waals surface area contributed by atoms with Gasteiger partial charge in [0.2, 0.25) is 5.91 Å². The number of hydrogen-bond donors (Lipinski definition) is 2. The molecule has 0 aromatic heterocycles. The summed E-state index contributed by atoms with van der Waals surface area (Å²) in [6.07, 6.45) is 1.90. The average molecular weight is 310 g/mol. The number of carbonyl (C=O) groups is 1. The molecule has 4 nitrogen and oxygen atoms in total. The molecule has 0 spiro atoms. The Morgan fingerprint density at radius 2 is 2.24 bits per heavy atom. The first kappa shape index (κ1) is 16.1. The molecule has 1 aromatic carbocycles. The van der Waals surface area contributed by atoms with Gasteiger partial charge in [-0.05, 0) is 43.1 Å². The summed E-state index contributed by atoms with van der Waals surface area (Å²) in [5.41, 5.74) is 2.27. The van der Waals surface area contributed by atoms with E-state index in [1.54, 1.807) is 0 Å².